The number of hydrogen-bond acceptors (Lipinski definition) is 4. The summed E-state index contributed by atoms with van der Waals surface area (Å²) in [5, 5.41) is 4.39. The quantitative estimate of drug-likeness (QED) is 0.167. The average Bonchev–Trinajstić information content (AvgIpc) is 3.99. The third kappa shape index (κ3) is 5.89. The third-order valence-electron chi connectivity index (χ3n) is 13.5. The van der Waals surface area contributed by atoms with Crippen molar-refractivity contribution in [2.45, 2.75) is 19.3 Å². The molecule has 0 saturated carbocycles. The maximum Gasteiger partial charge on any atom is 0.164 e. The van der Waals surface area contributed by atoms with Crippen molar-refractivity contribution in [2.24, 2.45) is 0 Å². The Labute approximate surface area is 376 Å². The number of fused-ring (bicyclic) bond motifs is 9. The molecule has 3 aromatic heterocycles. The highest BCUT2D eigenvalue weighted by Gasteiger charge is 2.35. The van der Waals surface area contributed by atoms with E-state index in [1.165, 1.54) is 49.7 Å². The number of para-hydroxylation sites is 1. The summed E-state index contributed by atoms with van der Waals surface area (Å²) < 4.78 is 8.95. The number of rotatable bonds is 6. The second kappa shape index (κ2) is 14.3. The first-order valence-corrected chi connectivity index (χ1v) is 22.2. The van der Waals surface area contributed by atoms with E-state index in [-0.39, 0.29) is 5.41 Å². The molecule has 12 aromatic rings. The molecule has 0 N–H and O–H groups in total. The van der Waals surface area contributed by atoms with Crippen LogP contribution in [0.3, 0.4) is 0 Å². The van der Waals surface area contributed by atoms with Gasteiger partial charge in [-0.15, -0.1) is 0 Å². The maximum atomic E-state index is 6.55. The average molecular weight is 833 g/mol. The number of furan rings is 1. The van der Waals surface area contributed by atoms with Gasteiger partial charge in [0.1, 0.15) is 11.2 Å². The van der Waals surface area contributed by atoms with Crippen LogP contribution in [-0.2, 0) is 5.41 Å². The largest absolute Gasteiger partial charge is 0.456 e. The van der Waals surface area contributed by atoms with Gasteiger partial charge < -0.3 is 8.98 Å². The molecule has 0 aliphatic heterocycles. The molecule has 1 aliphatic carbocycles. The fourth-order valence-corrected chi connectivity index (χ4v) is 10.2. The summed E-state index contributed by atoms with van der Waals surface area (Å²) in [7, 11) is 0. The predicted octanol–water partition coefficient (Wildman–Crippen LogP) is 15.5. The zero-order valence-corrected chi connectivity index (χ0v) is 35.8. The predicted molar refractivity (Wildman–Crippen MR) is 266 cm³/mol. The Balaban J connectivity index is 0.972. The lowest BCUT2D eigenvalue weighted by molar-refractivity contribution is 0.660. The Hall–Kier alpha value is -8.41. The molecule has 1 aliphatic rings. The molecule has 0 unspecified atom stereocenters. The van der Waals surface area contributed by atoms with E-state index in [1.54, 1.807) is 0 Å². The minimum Gasteiger partial charge on any atom is -0.456 e. The molecule has 0 amide bonds. The summed E-state index contributed by atoms with van der Waals surface area (Å²) in [6.45, 7) is 4.70. The number of nitrogens with zero attached hydrogens (tertiary/aromatic N) is 4. The van der Waals surface area contributed by atoms with Gasteiger partial charge in [0, 0.05) is 49.3 Å². The highest BCUT2D eigenvalue weighted by molar-refractivity contribution is 6.14. The molecule has 0 fully saturated rings. The molecule has 0 saturated heterocycles. The molecule has 0 atom stereocenters. The van der Waals surface area contributed by atoms with Crippen LogP contribution in [0.5, 0.6) is 0 Å². The molecule has 5 nitrogen and oxygen atoms in total. The van der Waals surface area contributed by atoms with Gasteiger partial charge in [-0.05, 0) is 105 Å². The Bertz CT molecular complexity index is 3790. The van der Waals surface area contributed by atoms with Crippen LogP contribution in [0.1, 0.15) is 25.0 Å². The summed E-state index contributed by atoms with van der Waals surface area (Å²) in [6, 6.07) is 73.3. The van der Waals surface area contributed by atoms with Gasteiger partial charge >= 0.3 is 0 Å². The van der Waals surface area contributed by atoms with Crippen LogP contribution < -0.4 is 0 Å². The first kappa shape index (κ1) is 37.2. The van der Waals surface area contributed by atoms with Gasteiger partial charge in [0.15, 0.2) is 17.5 Å². The summed E-state index contributed by atoms with van der Waals surface area (Å²) >= 11 is 0. The van der Waals surface area contributed by atoms with E-state index in [0.717, 1.165) is 61.0 Å². The molecule has 0 radical (unpaired) electrons. The van der Waals surface area contributed by atoms with E-state index >= 15 is 0 Å². The number of benzene rings is 9. The van der Waals surface area contributed by atoms with Gasteiger partial charge in [-0.3, -0.25) is 0 Å². The fourth-order valence-electron chi connectivity index (χ4n) is 10.2. The highest BCUT2D eigenvalue weighted by Crippen LogP contribution is 2.50. The minimum atomic E-state index is -0.0754. The highest BCUT2D eigenvalue weighted by atomic mass is 16.3. The van der Waals surface area contributed by atoms with Gasteiger partial charge in [0.05, 0.1) is 11.0 Å². The molecular formula is C60H40N4O. The van der Waals surface area contributed by atoms with Crippen LogP contribution in [0.4, 0.5) is 0 Å². The van der Waals surface area contributed by atoms with E-state index in [1.807, 2.05) is 72.8 Å². The van der Waals surface area contributed by atoms with Gasteiger partial charge in [0.25, 0.3) is 0 Å². The maximum absolute atomic E-state index is 6.55. The van der Waals surface area contributed by atoms with Crippen LogP contribution >= 0.6 is 0 Å². The molecule has 13 rings (SSSR count). The zero-order valence-electron chi connectivity index (χ0n) is 35.8. The molecule has 0 spiro atoms. The van der Waals surface area contributed by atoms with Crippen molar-refractivity contribution in [3.8, 4) is 73.2 Å². The minimum absolute atomic E-state index is 0.0754. The lowest BCUT2D eigenvalue weighted by Crippen LogP contribution is -2.14. The number of aromatic nitrogens is 4. The van der Waals surface area contributed by atoms with Crippen LogP contribution in [0.25, 0.3) is 117 Å². The SMILES string of the molecule is CC1(C)c2ccccc2-c2ccc(-c3ccc4c(c3)c3cc(-c5ccc6oc7cccc(-c8nc(-c9ccccc9)nc(-c9ccccc9)n8)c7c6c5)ccc3n4-c3ccccc3)cc21. The van der Waals surface area contributed by atoms with E-state index in [2.05, 4.69) is 152 Å². The van der Waals surface area contributed by atoms with Gasteiger partial charge in [-0.1, -0.05) is 159 Å². The van der Waals surface area contributed by atoms with Crippen molar-refractivity contribution in [1.82, 2.24) is 19.5 Å². The van der Waals surface area contributed by atoms with Gasteiger partial charge in [-0.25, -0.2) is 15.0 Å². The fraction of sp³-hybridized carbons (Fsp3) is 0.0500. The smallest absolute Gasteiger partial charge is 0.164 e. The van der Waals surface area contributed by atoms with Crippen molar-refractivity contribution in [2.75, 3.05) is 0 Å². The molecule has 3 heterocycles. The molecule has 9 aromatic carbocycles. The van der Waals surface area contributed by atoms with Crippen LogP contribution in [0.2, 0.25) is 0 Å². The second-order valence-corrected chi connectivity index (χ2v) is 17.6. The Morgan fingerprint density at radius 3 is 1.54 bits per heavy atom. The monoisotopic (exact) mass is 832 g/mol. The summed E-state index contributed by atoms with van der Waals surface area (Å²) in [4.78, 5) is 15.2. The molecule has 306 valence electrons. The Morgan fingerprint density at radius 2 is 0.877 bits per heavy atom. The molecule has 65 heavy (non-hydrogen) atoms. The van der Waals surface area contributed by atoms with Crippen LogP contribution in [-0.4, -0.2) is 19.5 Å². The van der Waals surface area contributed by atoms with Crippen molar-refractivity contribution >= 4 is 43.7 Å². The summed E-state index contributed by atoms with van der Waals surface area (Å²) in [6.07, 6.45) is 0. The third-order valence-corrected chi connectivity index (χ3v) is 13.5. The Morgan fingerprint density at radius 1 is 0.369 bits per heavy atom. The van der Waals surface area contributed by atoms with E-state index in [9.17, 15) is 0 Å². The first-order chi connectivity index (χ1) is 32.0. The molecular weight excluding hydrogens is 793 g/mol. The van der Waals surface area contributed by atoms with Crippen molar-refractivity contribution in [1.29, 1.82) is 0 Å². The van der Waals surface area contributed by atoms with Gasteiger partial charge in [0.2, 0.25) is 0 Å². The van der Waals surface area contributed by atoms with Crippen molar-refractivity contribution in [3.63, 3.8) is 0 Å². The van der Waals surface area contributed by atoms with E-state index in [4.69, 9.17) is 19.4 Å². The standard InChI is InChI=1S/C60H40N4O/c1-60(2)50-23-13-12-21-44(50)45-29-25-42(36-51(45)60)40-27-31-53-48(34-40)47-33-39(26-30-52(47)64(53)43-19-10-5-11-20-43)41-28-32-54-49(35-41)56-46(22-14-24-55(56)65-54)59-62-57(37-15-6-3-7-16-37)61-58(63-59)38-17-8-4-9-18-38/h3-36H,1-2H3. The normalized spacial score (nSPS) is 12.9. The lowest BCUT2D eigenvalue weighted by atomic mass is 9.81. The topological polar surface area (TPSA) is 56.7 Å². The van der Waals surface area contributed by atoms with E-state index in [0.29, 0.717) is 17.5 Å². The van der Waals surface area contributed by atoms with E-state index < -0.39 is 0 Å². The summed E-state index contributed by atoms with van der Waals surface area (Å²) in [5.74, 6) is 1.84. The van der Waals surface area contributed by atoms with Crippen LogP contribution in [0.15, 0.2) is 211 Å². The molecule has 5 heteroatoms. The molecule has 0 bridgehead atoms. The van der Waals surface area contributed by atoms with Crippen LogP contribution in [0, 0.1) is 0 Å². The van der Waals surface area contributed by atoms with Crippen molar-refractivity contribution < 1.29 is 4.42 Å². The Kier molecular flexibility index (Phi) is 8.18. The number of hydrogen-bond donors (Lipinski definition) is 0. The zero-order chi connectivity index (χ0) is 43.2. The first-order valence-electron chi connectivity index (χ1n) is 22.2. The summed E-state index contributed by atoms with van der Waals surface area (Å²) in [5.41, 5.74) is 17.8. The lowest BCUT2D eigenvalue weighted by Gasteiger charge is -2.22. The van der Waals surface area contributed by atoms with Gasteiger partial charge in [-0.2, -0.15) is 0 Å². The van der Waals surface area contributed by atoms with Crippen molar-refractivity contribution in [3.05, 3.63) is 217 Å². The second-order valence-electron chi connectivity index (χ2n) is 17.6.